The fourth-order valence-electron chi connectivity index (χ4n) is 4.64. The standard InChI is InChI=1S/C24H37NO4/c1-22(2,3)29-21(26)25-20(23(4,5)27)18-6-8-19(9-7-18)28-16-24-13-10-17(11-14-24)12-15-24/h6-9,17,20,27H,10-16H2,1-5H3,(H,25,26)/t17?,20-,24?/m0/s1. The van der Waals surface area contributed by atoms with E-state index in [9.17, 15) is 9.90 Å². The molecule has 0 aliphatic heterocycles. The monoisotopic (exact) mass is 403 g/mol. The van der Waals surface area contributed by atoms with Gasteiger partial charge in [-0.05, 0) is 96.8 Å². The first-order valence-corrected chi connectivity index (χ1v) is 10.9. The largest absolute Gasteiger partial charge is 0.493 e. The molecule has 1 aromatic carbocycles. The van der Waals surface area contributed by atoms with Crippen molar-refractivity contribution in [3.63, 3.8) is 0 Å². The maximum atomic E-state index is 12.2. The number of rotatable bonds is 6. The zero-order valence-electron chi connectivity index (χ0n) is 18.6. The number of carbonyl (C=O) groups excluding carboxylic acids is 1. The fourth-order valence-corrected chi connectivity index (χ4v) is 4.64. The summed E-state index contributed by atoms with van der Waals surface area (Å²) in [6, 6.07) is 7.08. The molecule has 4 rings (SSSR count). The van der Waals surface area contributed by atoms with E-state index in [0.717, 1.165) is 23.8 Å². The first-order valence-electron chi connectivity index (χ1n) is 10.9. The van der Waals surface area contributed by atoms with E-state index in [1.165, 1.54) is 38.5 Å². The van der Waals surface area contributed by atoms with E-state index in [2.05, 4.69) is 5.32 Å². The quantitative estimate of drug-likeness (QED) is 0.670. The van der Waals surface area contributed by atoms with E-state index in [-0.39, 0.29) is 0 Å². The lowest BCUT2D eigenvalue weighted by atomic mass is 9.61. The van der Waals surface area contributed by atoms with E-state index in [4.69, 9.17) is 9.47 Å². The van der Waals surface area contributed by atoms with Crippen molar-refractivity contribution in [2.75, 3.05) is 6.61 Å². The van der Waals surface area contributed by atoms with Gasteiger partial charge in [-0.3, -0.25) is 0 Å². The van der Waals surface area contributed by atoms with Gasteiger partial charge < -0.3 is 19.9 Å². The average molecular weight is 404 g/mol. The third-order valence-electron chi connectivity index (χ3n) is 6.37. The van der Waals surface area contributed by atoms with Crippen molar-refractivity contribution in [1.29, 1.82) is 0 Å². The minimum absolute atomic E-state index is 0.362. The second kappa shape index (κ2) is 8.17. The van der Waals surface area contributed by atoms with Gasteiger partial charge in [0.05, 0.1) is 18.2 Å². The highest BCUT2D eigenvalue weighted by atomic mass is 16.6. The number of nitrogens with one attached hydrogen (secondary N) is 1. The summed E-state index contributed by atoms with van der Waals surface area (Å²) in [5.74, 6) is 1.79. The van der Waals surface area contributed by atoms with Gasteiger partial charge in [-0.2, -0.15) is 0 Å². The Morgan fingerprint density at radius 1 is 1.10 bits per heavy atom. The van der Waals surface area contributed by atoms with Gasteiger partial charge in [0, 0.05) is 5.41 Å². The highest BCUT2D eigenvalue weighted by Crippen LogP contribution is 2.50. The van der Waals surface area contributed by atoms with Crippen molar-refractivity contribution >= 4 is 6.09 Å². The van der Waals surface area contributed by atoms with Crippen LogP contribution in [-0.4, -0.2) is 29.0 Å². The van der Waals surface area contributed by atoms with E-state index in [0.29, 0.717) is 5.41 Å². The Morgan fingerprint density at radius 3 is 2.14 bits per heavy atom. The molecule has 0 spiro atoms. The molecule has 3 aliphatic carbocycles. The van der Waals surface area contributed by atoms with Gasteiger partial charge in [0.2, 0.25) is 0 Å². The van der Waals surface area contributed by atoms with E-state index >= 15 is 0 Å². The Labute approximate surface area is 175 Å². The number of ether oxygens (including phenoxy) is 2. The maximum absolute atomic E-state index is 12.2. The Bertz CT molecular complexity index is 677. The Balaban J connectivity index is 1.63. The van der Waals surface area contributed by atoms with Crippen molar-refractivity contribution < 1.29 is 19.4 Å². The van der Waals surface area contributed by atoms with Crippen LogP contribution in [0.1, 0.15) is 84.7 Å². The molecule has 0 aromatic heterocycles. The highest BCUT2D eigenvalue weighted by molar-refractivity contribution is 5.68. The summed E-state index contributed by atoms with van der Waals surface area (Å²) in [4.78, 5) is 12.2. The Morgan fingerprint density at radius 2 is 1.66 bits per heavy atom. The second-order valence-corrected chi connectivity index (χ2v) is 10.6. The van der Waals surface area contributed by atoms with Gasteiger partial charge >= 0.3 is 6.09 Å². The molecule has 2 N–H and O–H groups in total. The summed E-state index contributed by atoms with van der Waals surface area (Å²) in [6.45, 7) is 9.59. The van der Waals surface area contributed by atoms with Crippen LogP contribution in [0.2, 0.25) is 0 Å². The summed E-state index contributed by atoms with van der Waals surface area (Å²) in [5.41, 5.74) is -0.559. The molecular formula is C24H37NO4. The second-order valence-electron chi connectivity index (χ2n) is 10.6. The number of amides is 1. The van der Waals surface area contributed by atoms with Crippen LogP contribution in [0.25, 0.3) is 0 Å². The SMILES string of the molecule is CC(C)(C)OC(=O)N[C@@H](c1ccc(OCC23CCC(CC2)CC3)cc1)C(C)(C)O. The third-order valence-corrected chi connectivity index (χ3v) is 6.37. The lowest BCUT2D eigenvalue weighted by Crippen LogP contribution is -2.44. The molecule has 3 fully saturated rings. The zero-order valence-corrected chi connectivity index (χ0v) is 18.6. The molecule has 0 saturated heterocycles. The number of hydrogen-bond donors (Lipinski definition) is 2. The minimum atomic E-state index is -1.14. The molecule has 3 aliphatic rings. The van der Waals surface area contributed by atoms with Gasteiger partial charge in [0.1, 0.15) is 11.4 Å². The topological polar surface area (TPSA) is 67.8 Å². The minimum Gasteiger partial charge on any atom is -0.493 e. The molecule has 0 unspecified atom stereocenters. The van der Waals surface area contributed by atoms with Gasteiger partial charge in [0.25, 0.3) is 0 Å². The van der Waals surface area contributed by atoms with Crippen LogP contribution in [0.4, 0.5) is 4.79 Å². The van der Waals surface area contributed by atoms with Crippen molar-refractivity contribution in [3.05, 3.63) is 29.8 Å². The number of aliphatic hydroxyl groups is 1. The van der Waals surface area contributed by atoms with Crippen LogP contribution in [0.15, 0.2) is 24.3 Å². The fraction of sp³-hybridized carbons (Fsp3) is 0.708. The van der Waals surface area contributed by atoms with Crippen molar-refractivity contribution in [3.8, 4) is 5.75 Å². The van der Waals surface area contributed by atoms with Crippen LogP contribution in [-0.2, 0) is 4.74 Å². The molecule has 0 radical (unpaired) electrons. The lowest BCUT2D eigenvalue weighted by molar-refractivity contribution is 0.0160. The van der Waals surface area contributed by atoms with Crippen molar-refractivity contribution in [1.82, 2.24) is 5.32 Å². The highest BCUT2D eigenvalue weighted by Gasteiger charge is 2.41. The first-order chi connectivity index (χ1) is 13.5. The molecule has 162 valence electrons. The van der Waals surface area contributed by atoms with Gasteiger partial charge in [-0.1, -0.05) is 12.1 Å². The first kappa shape index (κ1) is 21.9. The van der Waals surface area contributed by atoms with E-state index in [1.54, 1.807) is 13.8 Å². The predicted octanol–water partition coefficient (Wildman–Crippen LogP) is 5.37. The number of hydrogen-bond acceptors (Lipinski definition) is 4. The third kappa shape index (κ3) is 5.88. The molecule has 1 amide bonds. The molecule has 5 nitrogen and oxygen atoms in total. The number of fused-ring (bicyclic) bond motifs is 3. The summed E-state index contributed by atoms with van der Waals surface area (Å²) in [5, 5.41) is 13.4. The molecule has 0 heterocycles. The van der Waals surface area contributed by atoms with Crippen molar-refractivity contribution in [2.24, 2.45) is 11.3 Å². The van der Waals surface area contributed by atoms with Gasteiger partial charge in [-0.15, -0.1) is 0 Å². The molecule has 3 saturated carbocycles. The van der Waals surface area contributed by atoms with E-state index in [1.807, 2.05) is 45.0 Å². The normalized spacial score (nSPS) is 25.4. The summed E-state index contributed by atoms with van der Waals surface area (Å²) >= 11 is 0. The van der Waals surface area contributed by atoms with Crippen molar-refractivity contribution in [2.45, 2.75) is 90.4 Å². The molecule has 29 heavy (non-hydrogen) atoms. The molecular weight excluding hydrogens is 366 g/mol. The summed E-state index contributed by atoms with van der Waals surface area (Å²) in [7, 11) is 0. The Kier molecular flexibility index (Phi) is 6.19. The maximum Gasteiger partial charge on any atom is 0.408 e. The number of alkyl carbamates (subject to hydrolysis) is 1. The van der Waals surface area contributed by atoms with Crippen LogP contribution in [0, 0.1) is 11.3 Å². The zero-order chi connectivity index (χ0) is 21.3. The number of benzene rings is 1. The number of carbonyl (C=O) groups is 1. The smallest absolute Gasteiger partial charge is 0.408 e. The van der Waals surface area contributed by atoms with Crippen LogP contribution >= 0.6 is 0 Å². The molecule has 1 atom stereocenters. The van der Waals surface area contributed by atoms with Crippen LogP contribution < -0.4 is 10.1 Å². The summed E-state index contributed by atoms with van der Waals surface area (Å²) in [6.07, 6.45) is 7.38. The molecule has 1 aromatic rings. The van der Waals surface area contributed by atoms with Crippen LogP contribution in [0.3, 0.4) is 0 Å². The predicted molar refractivity (Wildman–Crippen MR) is 114 cm³/mol. The van der Waals surface area contributed by atoms with Gasteiger partial charge in [-0.25, -0.2) is 4.79 Å². The lowest BCUT2D eigenvalue weighted by Gasteiger charge is -2.46. The Hall–Kier alpha value is -1.75. The molecule has 5 heteroatoms. The average Bonchev–Trinajstić information content (AvgIpc) is 2.64. The molecule has 2 bridgehead atoms. The van der Waals surface area contributed by atoms with Gasteiger partial charge in [0.15, 0.2) is 0 Å². The van der Waals surface area contributed by atoms with Crippen LogP contribution in [0.5, 0.6) is 5.75 Å². The summed E-state index contributed by atoms with van der Waals surface area (Å²) < 4.78 is 11.5. The van der Waals surface area contributed by atoms with E-state index < -0.39 is 23.3 Å².